The lowest BCUT2D eigenvalue weighted by Crippen LogP contribution is -2.42. The summed E-state index contributed by atoms with van der Waals surface area (Å²) in [4.78, 5) is 13.4. The number of carbonyl (C=O) groups excluding carboxylic acids is 1. The van der Waals surface area contributed by atoms with Crippen molar-refractivity contribution in [2.24, 2.45) is 0 Å². The van der Waals surface area contributed by atoms with Crippen molar-refractivity contribution in [2.75, 3.05) is 12.3 Å². The van der Waals surface area contributed by atoms with Crippen LogP contribution in [0.15, 0.2) is 29.2 Å². The predicted octanol–water partition coefficient (Wildman–Crippen LogP) is 1.06. The molecule has 0 aliphatic carbocycles. The van der Waals surface area contributed by atoms with E-state index in [0.717, 1.165) is 12.2 Å². The van der Waals surface area contributed by atoms with E-state index >= 15 is 0 Å². The highest BCUT2D eigenvalue weighted by Gasteiger charge is 2.30. The van der Waals surface area contributed by atoms with E-state index in [1.54, 1.807) is 0 Å². The second kappa shape index (κ2) is 5.53. The summed E-state index contributed by atoms with van der Waals surface area (Å²) in [5.41, 5.74) is 1.21. The number of fused-ring (bicyclic) bond motifs is 1. The van der Waals surface area contributed by atoms with Crippen LogP contribution in [0.4, 0.5) is 0 Å². The van der Waals surface area contributed by atoms with Gasteiger partial charge in [0.15, 0.2) is 0 Å². The van der Waals surface area contributed by atoms with E-state index < -0.39 is 6.10 Å². The molecule has 2 heterocycles. The van der Waals surface area contributed by atoms with Crippen LogP contribution in [0, 0.1) is 0 Å². The van der Waals surface area contributed by atoms with Crippen molar-refractivity contribution < 1.29 is 9.90 Å². The number of hydrogen-bond acceptors (Lipinski definition) is 4. The van der Waals surface area contributed by atoms with Gasteiger partial charge in [-0.2, -0.15) is 0 Å². The van der Waals surface area contributed by atoms with Crippen LogP contribution in [-0.2, 0) is 4.79 Å². The number of aliphatic hydroxyl groups excluding tert-OH is 1. The average Bonchev–Trinajstić information content (AvgIpc) is 2.86. The maximum atomic E-state index is 12.2. The Kier molecular flexibility index (Phi) is 3.77. The Labute approximate surface area is 117 Å². The number of aliphatic hydroxyl groups is 1. The lowest BCUT2D eigenvalue weighted by Gasteiger charge is -2.27. The quantitative estimate of drug-likeness (QED) is 0.757. The van der Waals surface area contributed by atoms with E-state index in [-0.39, 0.29) is 18.0 Å². The zero-order chi connectivity index (χ0) is 13.2. The molecule has 102 valence electrons. The van der Waals surface area contributed by atoms with Gasteiger partial charge in [-0.05, 0) is 24.5 Å². The summed E-state index contributed by atoms with van der Waals surface area (Å²) < 4.78 is 0. The van der Waals surface area contributed by atoms with Crippen LogP contribution >= 0.6 is 11.8 Å². The molecule has 1 saturated heterocycles. The molecule has 1 fully saturated rings. The Morgan fingerprint density at radius 3 is 3.05 bits per heavy atom. The number of carbonyl (C=O) groups is 1. The standard InChI is InChI=1S/C14H18N2O2S/c17-9-7-12(15-8-9)14(18)16-11-5-6-19-13-4-2-1-3-10(11)13/h1-4,9,11-12,15,17H,5-8H2,(H,16,18)/t9-,11-,12-/m1/s1. The number of amides is 1. The molecule has 4 nitrogen and oxygen atoms in total. The fourth-order valence-corrected chi connectivity index (χ4v) is 3.81. The number of nitrogens with one attached hydrogen (secondary N) is 2. The summed E-state index contributed by atoms with van der Waals surface area (Å²) in [5, 5.41) is 15.6. The molecule has 2 aliphatic heterocycles. The van der Waals surface area contributed by atoms with Gasteiger partial charge < -0.3 is 15.7 Å². The Morgan fingerprint density at radius 1 is 1.42 bits per heavy atom. The predicted molar refractivity (Wildman–Crippen MR) is 75.1 cm³/mol. The Balaban J connectivity index is 1.69. The van der Waals surface area contributed by atoms with Crippen molar-refractivity contribution >= 4 is 17.7 Å². The molecule has 3 atom stereocenters. The molecule has 0 saturated carbocycles. The molecule has 3 N–H and O–H groups in total. The van der Waals surface area contributed by atoms with Crippen LogP contribution < -0.4 is 10.6 Å². The molecule has 1 aromatic rings. The van der Waals surface area contributed by atoms with Crippen LogP contribution in [0.5, 0.6) is 0 Å². The van der Waals surface area contributed by atoms with Crippen molar-refractivity contribution in [3.8, 4) is 0 Å². The fraction of sp³-hybridized carbons (Fsp3) is 0.500. The van der Waals surface area contributed by atoms with E-state index in [9.17, 15) is 9.90 Å². The summed E-state index contributed by atoms with van der Waals surface area (Å²) >= 11 is 1.85. The molecule has 1 amide bonds. The largest absolute Gasteiger partial charge is 0.392 e. The average molecular weight is 278 g/mol. The van der Waals surface area contributed by atoms with Gasteiger partial charge in [0.1, 0.15) is 0 Å². The van der Waals surface area contributed by atoms with Gasteiger partial charge in [0.05, 0.1) is 18.2 Å². The van der Waals surface area contributed by atoms with Crippen molar-refractivity contribution in [3.63, 3.8) is 0 Å². The molecule has 1 aromatic carbocycles. The number of hydrogen-bond donors (Lipinski definition) is 3. The first kappa shape index (κ1) is 13.0. The minimum absolute atomic E-state index is 0.00301. The molecule has 0 radical (unpaired) electrons. The maximum Gasteiger partial charge on any atom is 0.237 e. The van der Waals surface area contributed by atoms with Crippen LogP contribution in [-0.4, -0.2) is 35.5 Å². The van der Waals surface area contributed by atoms with Crippen molar-refractivity contribution in [3.05, 3.63) is 29.8 Å². The molecule has 0 spiro atoms. The second-order valence-electron chi connectivity index (χ2n) is 5.09. The first-order valence-corrected chi connectivity index (χ1v) is 7.66. The number of thioether (sulfide) groups is 1. The zero-order valence-corrected chi connectivity index (χ0v) is 11.5. The number of rotatable bonds is 2. The van der Waals surface area contributed by atoms with Gasteiger partial charge in [0.2, 0.25) is 5.91 Å². The van der Waals surface area contributed by atoms with E-state index in [1.165, 1.54) is 10.5 Å². The van der Waals surface area contributed by atoms with Gasteiger partial charge >= 0.3 is 0 Å². The first-order valence-electron chi connectivity index (χ1n) is 6.67. The molecule has 2 aliphatic rings. The number of benzene rings is 1. The highest BCUT2D eigenvalue weighted by Crippen LogP contribution is 2.35. The van der Waals surface area contributed by atoms with E-state index in [4.69, 9.17) is 0 Å². The van der Waals surface area contributed by atoms with E-state index in [0.29, 0.717) is 13.0 Å². The van der Waals surface area contributed by atoms with Gasteiger partial charge in [0, 0.05) is 17.2 Å². The van der Waals surface area contributed by atoms with Crippen molar-refractivity contribution in [1.82, 2.24) is 10.6 Å². The summed E-state index contributed by atoms with van der Waals surface area (Å²) in [7, 11) is 0. The Hall–Kier alpha value is -1.04. The molecular formula is C14H18N2O2S. The summed E-state index contributed by atoms with van der Waals surface area (Å²) in [6.45, 7) is 0.509. The molecule has 3 rings (SSSR count). The topological polar surface area (TPSA) is 61.4 Å². The van der Waals surface area contributed by atoms with Crippen LogP contribution in [0.1, 0.15) is 24.4 Å². The molecule has 0 aromatic heterocycles. The maximum absolute atomic E-state index is 12.2. The summed E-state index contributed by atoms with van der Waals surface area (Å²) in [6, 6.07) is 8.09. The molecule has 0 bridgehead atoms. The molecule has 19 heavy (non-hydrogen) atoms. The highest BCUT2D eigenvalue weighted by molar-refractivity contribution is 7.99. The van der Waals surface area contributed by atoms with Gasteiger partial charge in [-0.3, -0.25) is 4.79 Å². The first-order chi connectivity index (χ1) is 9.24. The zero-order valence-electron chi connectivity index (χ0n) is 10.6. The minimum Gasteiger partial charge on any atom is -0.392 e. The molecule has 0 unspecified atom stereocenters. The lowest BCUT2D eigenvalue weighted by molar-refractivity contribution is -0.123. The number of β-amino-alcohol motifs (C(OH)–C–C–N with tert-alkyl or cyclic N) is 1. The van der Waals surface area contributed by atoms with Gasteiger partial charge in [0.25, 0.3) is 0 Å². The summed E-state index contributed by atoms with van der Waals surface area (Å²) in [6.07, 6.45) is 1.07. The van der Waals surface area contributed by atoms with Crippen LogP contribution in [0.2, 0.25) is 0 Å². The lowest BCUT2D eigenvalue weighted by atomic mass is 10.0. The fourth-order valence-electron chi connectivity index (χ4n) is 2.68. The second-order valence-corrected chi connectivity index (χ2v) is 6.22. The highest BCUT2D eigenvalue weighted by atomic mass is 32.2. The normalized spacial score (nSPS) is 29.8. The van der Waals surface area contributed by atoms with Gasteiger partial charge in [-0.15, -0.1) is 11.8 Å². The van der Waals surface area contributed by atoms with E-state index in [2.05, 4.69) is 22.8 Å². The third-order valence-electron chi connectivity index (χ3n) is 3.70. The smallest absolute Gasteiger partial charge is 0.237 e. The minimum atomic E-state index is -0.398. The van der Waals surface area contributed by atoms with E-state index in [1.807, 2.05) is 23.9 Å². The third kappa shape index (κ3) is 2.78. The Morgan fingerprint density at radius 2 is 2.26 bits per heavy atom. The Bertz CT molecular complexity index is 480. The van der Waals surface area contributed by atoms with Gasteiger partial charge in [-0.1, -0.05) is 18.2 Å². The van der Waals surface area contributed by atoms with Gasteiger partial charge in [-0.25, -0.2) is 0 Å². The van der Waals surface area contributed by atoms with Crippen LogP contribution in [0.25, 0.3) is 0 Å². The monoisotopic (exact) mass is 278 g/mol. The molecule has 5 heteroatoms. The summed E-state index contributed by atoms with van der Waals surface area (Å²) in [5.74, 6) is 1.03. The SMILES string of the molecule is O=C(N[C@@H]1CCSc2ccccc21)[C@H]1C[C@@H](O)CN1. The molecular weight excluding hydrogens is 260 g/mol. The van der Waals surface area contributed by atoms with Crippen LogP contribution in [0.3, 0.4) is 0 Å². The van der Waals surface area contributed by atoms with Crippen molar-refractivity contribution in [2.45, 2.75) is 35.9 Å². The van der Waals surface area contributed by atoms with Crippen molar-refractivity contribution in [1.29, 1.82) is 0 Å². The third-order valence-corrected chi connectivity index (χ3v) is 4.82.